The number of rotatable bonds is 2. The highest BCUT2D eigenvalue weighted by atomic mass is 14.1. The van der Waals surface area contributed by atoms with E-state index in [2.05, 4.69) is 7.28 Å². The van der Waals surface area contributed by atoms with Crippen LogP contribution in [0.2, 0.25) is 11.6 Å². The standard InChI is InChI=1S/C23H44B/c1-2-4-6-8-11-15-19-22(18-14-10-7-5-3-1)24-23-20-16-12-9-13-17-21-23/h22-23H,1-21H2. The molecule has 0 atom stereocenters. The molecule has 0 aromatic heterocycles. The molecule has 0 spiro atoms. The van der Waals surface area contributed by atoms with E-state index in [0.29, 0.717) is 0 Å². The molecule has 0 bridgehead atoms. The van der Waals surface area contributed by atoms with E-state index in [1.807, 2.05) is 0 Å². The summed E-state index contributed by atoms with van der Waals surface area (Å²) in [4.78, 5) is 0. The Kier molecular flexibility index (Phi) is 12.1. The molecule has 0 amide bonds. The van der Waals surface area contributed by atoms with Gasteiger partial charge in [0.1, 0.15) is 7.28 Å². The summed E-state index contributed by atoms with van der Waals surface area (Å²) >= 11 is 0. The van der Waals surface area contributed by atoms with Crippen LogP contribution in [0.5, 0.6) is 0 Å². The Balaban J connectivity index is 1.72. The molecular weight excluding hydrogens is 287 g/mol. The summed E-state index contributed by atoms with van der Waals surface area (Å²) in [6, 6.07) is 0. The molecule has 0 aliphatic heterocycles. The molecule has 0 aromatic carbocycles. The lowest BCUT2D eigenvalue weighted by Gasteiger charge is -2.24. The van der Waals surface area contributed by atoms with Gasteiger partial charge in [-0.2, -0.15) is 0 Å². The van der Waals surface area contributed by atoms with Crippen LogP contribution < -0.4 is 0 Å². The van der Waals surface area contributed by atoms with Crippen molar-refractivity contribution in [1.82, 2.24) is 0 Å². The monoisotopic (exact) mass is 331 g/mol. The van der Waals surface area contributed by atoms with Crippen molar-refractivity contribution in [3.63, 3.8) is 0 Å². The molecule has 2 rings (SSSR count). The molecule has 2 saturated carbocycles. The quantitative estimate of drug-likeness (QED) is 0.445. The molecular formula is C23H44B. The summed E-state index contributed by atoms with van der Waals surface area (Å²) in [5, 5.41) is 0. The molecule has 0 nitrogen and oxygen atoms in total. The molecule has 0 unspecified atom stereocenters. The SMILES string of the molecule is [B](C1CCCCCCCCCCCCCC1)C1CCCCCCC1. The Morgan fingerprint density at radius 3 is 0.750 bits per heavy atom. The van der Waals surface area contributed by atoms with Gasteiger partial charge >= 0.3 is 0 Å². The van der Waals surface area contributed by atoms with Crippen LogP contribution in [0, 0.1) is 0 Å². The van der Waals surface area contributed by atoms with Gasteiger partial charge in [0.25, 0.3) is 0 Å². The summed E-state index contributed by atoms with van der Waals surface area (Å²) in [5.41, 5.74) is 0. The first-order chi connectivity index (χ1) is 11.9. The van der Waals surface area contributed by atoms with Gasteiger partial charge in [-0.25, -0.2) is 0 Å². The van der Waals surface area contributed by atoms with Crippen LogP contribution in [0.3, 0.4) is 0 Å². The van der Waals surface area contributed by atoms with Crippen molar-refractivity contribution in [2.24, 2.45) is 0 Å². The van der Waals surface area contributed by atoms with Crippen LogP contribution in [0.15, 0.2) is 0 Å². The maximum absolute atomic E-state index is 2.85. The van der Waals surface area contributed by atoms with Crippen molar-refractivity contribution in [3.8, 4) is 0 Å². The van der Waals surface area contributed by atoms with E-state index in [1.54, 1.807) is 0 Å². The Morgan fingerprint density at radius 2 is 0.500 bits per heavy atom. The van der Waals surface area contributed by atoms with E-state index in [0.717, 1.165) is 11.6 Å². The minimum Gasteiger partial charge on any atom is -0.0686 e. The van der Waals surface area contributed by atoms with Crippen molar-refractivity contribution < 1.29 is 0 Å². The Bertz CT molecular complexity index is 251. The third-order valence-corrected chi connectivity index (χ3v) is 6.59. The van der Waals surface area contributed by atoms with Crippen molar-refractivity contribution in [3.05, 3.63) is 0 Å². The Morgan fingerprint density at radius 1 is 0.292 bits per heavy atom. The zero-order valence-corrected chi connectivity index (χ0v) is 16.6. The maximum Gasteiger partial charge on any atom is 0.117 e. The average Bonchev–Trinajstić information content (AvgIpc) is 2.57. The molecule has 2 aliphatic rings. The molecule has 1 radical (unpaired) electrons. The lowest BCUT2D eigenvalue weighted by atomic mass is 9.50. The lowest BCUT2D eigenvalue weighted by Crippen LogP contribution is -2.13. The minimum atomic E-state index is 0.944. The lowest BCUT2D eigenvalue weighted by molar-refractivity contribution is 0.490. The third kappa shape index (κ3) is 10.1. The first-order valence-electron chi connectivity index (χ1n) is 11.8. The highest BCUT2D eigenvalue weighted by Crippen LogP contribution is 2.33. The fraction of sp³-hybridized carbons (Fsp3) is 1.00. The number of hydrogen-bond acceptors (Lipinski definition) is 0. The molecule has 0 aromatic rings. The van der Waals surface area contributed by atoms with Gasteiger partial charge in [0, 0.05) is 0 Å². The van der Waals surface area contributed by atoms with Gasteiger partial charge in [0.05, 0.1) is 0 Å². The molecule has 0 N–H and O–H groups in total. The van der Waals surface area contributed by atoms with Crippen LogP contribution in [-0.2, 0) is 0 Å². The molecule has 0 heterocycles. The first-order valence-corrected chi connectivity index (χ1v) is 11.8. The topological polar surface area (TPSA) is 0 Å². The van der Waals surface area contributed by atoms with Crippen LogP contribution in [0.4, 0.5) is 0 Å². The van der Waals surface area contributed by atoms with E-state index in [-0.39, 0.29) is 0 Å². The van der Waals surface area contributed by atoms with E-state index >= 15 is 0 Å². The van der Waals surface area contributed by atoms with Crippen LogP contribution in [-0.4, -0.2) is 7.28 Å². The minimum absolute atomic E-state index is 0.944. The second kappa shape index (κ2) is 14.3. The molecule has 139 valence electrons. The van der Waals surface area contributed by atoms with Crippen molar-refractivity contribution in [1.29, 1.82) is 0 Å². The largest absolute Gasteiger partial charge is 0.117 e. The molecule has 1 heteroatoms. The predicted octanol–water partition coefficient (Wildman–Crippen LogP) is 8.49. The van der Waals surface area contributed by atoms with Gasteiger partial charge in [0.15, 0.2) is 0 Å². The molecule has 2 fully saturated rings. The zero-order chi connectivity index (χ0) is 16.7. The maximum atomic E-state index is 2.85. The van der Waals surface area contributed by atoms with Crippen molar-refractivity contribution in [2.45, 2.75) is 146 Å². The summed E-state index contributed by atoms with van der Waals surface area (Å²) in [6.45, 7) is 0. The van der Waals surface area contributed by atoms with Gasteiger partial charge in [-0.15, -0.1) is 0 Å². The van der Waals surface area contributed by atoms with E-state index in [9.17, 15) is 0 Å². The van der Waals surface area contributed by atoms with Gasteiger partial charge in [-0.05, 0) is 0 Å². The van der Waals surface area contributed by atoms with E-state index in [1.165, 1.54) is 135 Å². The van der Waals surface area contributed by atoms with Gasteiger partial charge in [-0.1, -0.05) is 146 Å². The summed E-state index contributed by atoms with van der Waals surface area (Å²) < 4.78 is 0. The first kappa shape index (κ1) is 20.4. The third-order valence-electron chi connectivity index (χ3n) is 6.59. The predicted molar refractivity (Wildman–Crippen MR) is 110 cm³/mol. The molecule has 2 aliphatic carbocycles. The Hall–Kier alpha value is 0.0649. The van der Waals surface area contributed by atoms with Gasteiger partial charge in [0.2, 0.25) is 0 Å². The highest BCUT2D eigenvalue weighted by molar-refractivity contribution is 6.39. The smallest absolute Gasteiger partial charge is 0.0686 e. The zero-order valence-electron chi connectivity index (χ0n) is 16.6. The fourth-order valence-corrected chi connectivity index (χ4v) is 4.98. The summed E-state index contributed by atoms with van der Waals surface area (Å²) in [6.07, 6.45) is 31.4. The van der Waals surface area contributed by atoms with Crippen molar-refractivity contribution >= 4 is 7.28 Å². The molecule has 24 heavy (non-hydrogen) atoms. The van der Waals surface area contributed by atoms with Crippen LogP contribution in [0.1, 0.15) is 135 Å². The van der Waals surface area contributed by atoms with E-state index in [4.69, 9.17) is 0 Å². The van der Waals surface area contributed by atoms with Crippen LogP contribution in [0.25, 0.3) is 0 Å². The molecule has 0 saturated heterocycles. The second-order valence-corrected chi connectivity index (χ2v) is 8.88. The van der Waals surface area contributed by atoms with E-state index < -0.39 is 0 Å². The van der Waals surface area contributed by atoms with Gasteiger partial charge < -0.3 is 0 Å². The fourth-order valence-electron chi connectivity index (χ4n) is 4.98. The Labute approximate surface area is 154 Å². The summed E-state index contributed by atoms with van der Waals surface area (Å²) in [7, 11) is 2.85. The normalized spacial score (nSPS) is 25.8. The second-order valence-electron chi connectivity index (χ2n) is 8.88. The van der Waals surface area contributed by atoms with Crippen molar-refractivity contribution in [2.75, 3.05) is 0 Å². The van der Waals surface area contributed by atoms with Crippen LogP contribution >= 0.6 is 0 Å². The average molecular weight is 331 g/mol. The van der Waals surface area contributed by atoms with Gasteiger partial charge in [-0.3, -0.25) is 0 Å². The number of hydrogen-bond donors (Lipinski definition) is 0. The summed E-state index contributed by atoms with van der Waals surface area (Å²) in [5.74, 6) is 1.90. The highest BCUT2D eigenvalue weighted by Gasteiger charge is 2.19.